The summed E-state index contributed by atoms with van der Waals surface area (Å²) < 4.78 is 0.785. The summed E-state index contributed by atoms with van der Waals surface area (Å²) in [5.41, 5.74) is 0.668. The van der Waals surface area contributed by atoms with Crippen molar-refractivity contribution in [3.63, 3.8) is 0 Å². The van der Waals surface area contributed by atoms with E-state index in [-0.39, 0.29) is 5.91 Å². The Morgan fingerprint density at radius 1 is 1.08 bits per heavy atom. The zero-order valence-electron chi connectivity index (χ0n) is 13.9. The summed E-state index contributed by atoms with van der Waals surface area (Å²) in [6.07, 6.45) is 0. The lowest BCUT2D eigenvalue weighted by molar-refractivity contribution is 0.102. The molecule has 3 rings (SSSR count). The minimum absolute atomic E-state index is 0.274. The van der Waals surface area contributed by atoms with E-state index in [2.05, 4.69) is 27.3 Å². The lowest BCUT2D eigenvalue weighted by Crippen LogP contribution is -2.21. The van der Waals surface area contributed by atoms with Crippen LogP contribution >= 0.6 is 45.9 Å². The van der Waals surface area contributed by atoms with Gasteiger partial charge in [0.15, 0.2) is 0 Å². The maximum absolute atomic E-state index is 12.3. The lowest BCUT2D eigenvalue weighted by Gasteiger charge is -2.17. The summed E-state index contributed by atoms with van der Waals surface area (Å²) in [4.78, 5) is 15.7. The molecule has 0 saturated heterocycles. The average Bonchev–Trinajstić information content (AvgIpc) is 3.25. The molecule has 9 heteroatoms. The van der Waals surface area contributed by atoms with Crippen molar-refractivity contribution in [2.45, 2.75) is 20.0 Å². The number of halogens is 2. The van der Waals surface area contributed by atoms with Crippen LogP contribution in [0.1, 0.15) is 26.6 Å². The molecule has 2 heterocycles. The Hall–Kier alpha value is -1.51. The van der Waals surface area contributed by atoms with Crippen LogP contribution in [0, 0.1) is 0 Å². The lowest BCUT2D eigenvalue weighted by atomic mass is 10.3. The number of amides is 1. The van der Waals surface area contributed by atoms with Crippen LogP contribution in [0.15, 0.2) is 36.4 Å². The molecule has 0 aliphatic heterocycles. The van der Waals surface area contributed by atoms with Gasteiger partial charge in [-0.3, -0.25) is 9.69 Å². The summed E-state index contributed by atoms with van der Waals surface area (Å²) in [6.45, 7) is 4.38. The summed E-state index contributed by atoms with van der Waals surface area (Å²) >= 11 is 14.7. The van der Waals surface area contributed by atoms with Gasteiger partial charge in [-0.2, -0.15) is 0 Å². The molecule has 136 valence electrons. The second-order valence-electron chi connectivity index (χ2n) is 5.47. The fourth-order valence-electron chi connectivity index (χ4n) is 2.25. The Kier molecular flexibility index (Phi) is 6.61. The smallest absolute Gasteiger partial charge is 0.286 e. The van der Waals surface area contributed by atoms with Crippen LogP contribution in [0.2, 0.25) is 9.36 Å². The minimum atomic E-state index is -0.274. The molecule has 0 aliphatic rings. The average molecular weight is 427 g/mol. The van der Waals surface area contributed by atoms with Gasteiger partial charge in [0.25, 0.3) is 5.91 Å². The fraction of sp³-hybridized carbons (Fsp3) is 0.235. The van der Waals surface area contributed by atoms with Crippen LogP contribution in [0.4, 0.5) is 5.69 Å². The molecular weight excluding hydrogens is 411 g/mol. The molecule has 5 nitrogen and oxygen atoms in total. The third kappa shape index (κ3) is 5.25. The van der Waals surface area contributed by atoms with Gasteiger partial charge in [-0.15, -0.1) is 21.5 Å². The van der Waals surface area contributed by atoms with Crippen LogP contribution in [-0.4, -0.2) is 27.5 Å². The van der Waals surface area contributed by atoms with E-state index in [1.54, 1.807) is 35.6 Å². The Balaban J connectivity index is 1.60. The maximum atomic E-state index is 12.3. The van der Waals surface area contributed by atoms with Crippen molar-refractivity contribution < 1.29 is 4.79 Å². The van der Waals surface area contributed by atoms with Crippen molar-refractivity contribution >= 4 is 57.5 Å². The molecular formula is C17H16Cl2N4OS2. The molecule has 0 spiro atoms. The van der Waals surface area contributed by atoms with Crippen LogP contribution in [-0.2, 0) is 13.1 Å². The molecule has 2 aromatic heterocycles. The molecule has 0 aliphatic carbocycles. The van der Waals surface area contributed by atoms with Crippen molar-refractivity contribution in [2.24, 2.45) is 0 Å². The van der Waals surface area contributed by atoms with Gasteiger partial charge in [0.1, 0.15) is 5.01 Å². The highest BCUT2D eigenvalue weighted by Crippen LogP contribution is 2.24. The number of thiophene rings is 1. The van der Waals surface area contributed by atoms with Crippen LogP contribution in [0.3, 0.4) is 0 Å². The second kappa shape index (κ2) is 8.92. The van der Waals surface area contributed by atoms with E-state index < -0.39 is 0 Å². The van der Waals surface area contributed by atoms with Gasteiger partial charge < -0.3 is 5.32 Å². The number of nitrogens with one attached hydrogen (secondary N) is 1. The third-order valence-corrected chi connectivity index (χ3v) is 5.95. The molecule has 1 amide bonds. The van der Waals surface area contributed by atoms with Gasteiger partial charge in [0.05, 0.1) is 10.9 Å². The number of rotatable bonds is 7. The zero-order valence-corrected chi connectivity index (χ0v) is 17.1. The summed E-state index contributed by atoms with van der Waals surface area (Å²) in [5, 5.41) is 12.7. The first-order chi connectivity index (χ1) is 12.5. The quantitative estimate of drug-likeness (QED) is 0.565. The van der Waals surface area contributed by atoms with E-state index in [4.69, 9.17) is 23.2 Å². The normalized spacial score (nSPS) is 11.1. The van der Waals surface area contributed by atoms with Crippen LogP contribution in [0.5, 0.6) is 0 Å². The van der Waals surface area contributed by atoms with E-state index in [9.17, 15) is 4.79 Å². The monoisotopic (exact) mass is 426 g/mol. The molecule has 1 aromatic carbocycles. The Morgan fingerprint density at radius 3 is 2.50 bits per heavy atom. The predicted octanol–water partition coefficient (Wildman–Crippen LogP) is 5.18. The van der Waals surface area contributed by atoms with Gasteiger partial charge in [-0.25, -0.2) is 0 Å². The Labute approximate surface area is 169 Å². The first kappa shape index (κ1) is 19.3. The van der Waals surface area contributed by atoms with Crippen molar-refractivity contribution in [2.75, 3.05) is 11.9 Å². The van der Waals surface area contributed by atoms with E-state index in [1.807, 2.05) is 12.1 Å². The van der Waals surface area contributed by atoms with E-state index in [0.29, 0.717) is 22.3 Å². The Morgan fingerprint density at radius 2 is 1.85 bits per heavy atom. The predicted molar refractivity (Wildman–Crippen MR) is 108 cm³/mol. The van der Waals surface area contributed by atoms with E-state index >= 15 is 0 Å². The standard InChI is InChI=1S/C17H16Cl2N4OS2/c1-2-23(9-13-7-8-14(19)25-13)10-15-21-22-17(26-15)16(24)20-12-5-3-11(18)4-6-12/h3-8H,2,9-10H2,1H3,(H,20,24). The number of hydrogen-bond donors (Lipinski definition) is 1. The third-order valence-electron chi connectivity index (χ3n) is 3.58. The number of nitrogens with zero attached hydrogens (tertiary/aromatic N) is 3. The number of carbonyl (C=O) groups is 1. The van der Waals surface area contributed by atoms with Crippen molar-refractivity contribution in [3.05, 3.63) is 60.6 Å². The summed E-state index contributed by atoms with van der Waals surface area (Å²) in [7, 11) is 0. The molecule has 1 N–H and O–H groups in total. The number of anilines is 1. The largest absolute Gasteiger partial charge is 0.320 e. The van der Waals surface area contributed by atoms with Gasteiger partial charge in [0.2, 0.25) is 5.01 Å². The number of aromatic nitrogens is 2. The molecule has 0 atom stereocenters. The molecule has 0 radical (unpaired) electrons. The second-order valence-corrected chi connectivity index (χ2v) is 8.77. The fourth-order valence-corrected chi connectivity index (χ4v) is 4.29. The molecule has 0 bridgehead atoms. The van der Waals surface area contributed by atoms with Crippen LogP contribution < -0.4 is 5.32 Å². The first-order valence-electron chi connectivity index (χ1n) is 7.89. The first-order valence-corrected chi connectivity index (χ1v) is 10.3. The highest BCUT2D eigenvalue weighted by Gasteiger charge is 2.15. The molecule has 0 unspecified atom stereocenters. The van der Waals surface area contributed by atoms with Gasteiger partial charge in [-0.05, 0) is 42.9 Å². The topological polar surface area (TPSA) is 58.1 Å². The summed E-state index contributed by atoms with van der Waals surface area (Å²) in [5.74, 6) is -0.274. The highest BCUT2D eigenvalue weighted by atomic mass is 35.5. The van der Waals surface area contributed by atoms with Gasteiger partial charge in [-0.1, -0.05) is 41.5 Å². The van der Waals surface area contributed by atoms with Crippen molar-refractivity contribution in [1.29, 1.82) is 0 Å². The highest BCUT2D eigenvalue weighted by molar-refractivity contribution is 7.16. The number of benzene rings is 1. The van der Waals surface area contributed by atoms with E-state index in [0.717, 1.165) is 22.4 Å². The number of carbonyl (C=O) groups excluding carboxylic acids is 1. The SMILES string of the molecule is CCN(Cc1ccc(Cl)s1)Cc1nnc(C(=O)Nc2ccc(Cl)cc2)s1. The molecule has 0 saturated carbocycles. The van der Waals surface area contributed by atoms with E-state index in [1.165, 1.54) is 16.2 Å². The molecule has 3 aromatic rings. The molecule has 0 fully saturated rings. The maximum Gasteiger partial charge on any atom is 0.286 e. The van der Waals surface area contributed by atoms with Gasteiger partial charge in [0, 0.05) is 22.1 Å². The zero-order chi connectivity index (χ0) is 18.5. The summed E-state index contributed by atoms with van der Waals surface area (Å²) in [6, 6.07) is 10.9. The minimum Gasteiger partial charge on any atom is -0.320 e. The van der Waals surface area contributed by atoms with Crippen molar-refractivity contribution in [3.8, 4) is 0 Å². The van der Waals surface area contributed by atoms with Crippen molar-refractivity contribution in [1.82, 2.24) is 15.1 Å². The Bertz CT molecular complexity index is 879. The molecule has 26 heavy (non-hydrogen) atoms. The van der Waals surface area contributed by atoms with Gasteiger partial charge >= 0.3 is 0 Å². The number of hydrogen-bond acceptors (Lipinski definition) is 6. The van der Waals surface area contributed by atoms with Crippen LogP contribution in [0.25, 0.3) is 0 Å².